The fourth-order valence-corrected chi connectivity index (χ4v) is 2.59. The maximum absolute atomic E-state index is 13.0. The zero-order valence-electron chi connectivity index (χ0n) is 12.8. The van der Waals surface area contributed by atoms with Gasteiger partial charge in [-0.3, -0.25) is 4.79 Å². The predicted octanol–water partition coefficient (Wildman–Crippen LogP) is 3.55. The molecule has 1 aromatic carbocycles. The van der Waals surface area contributed by atoms with Crippen LogP contribution in [-0.4, -0.2) is 20.7 Å². The van der Waals surface area contributed by atoms with Gasteiger partial charge in [-0.25, -0.2) is 0 Å². The third kappa shape index (κ3) is 2.60. The summed E-state index contributed by atoms with van der Waals surface area (Å²) in [5.74, 6) is -0.878. The number of para-hydroxylation sites is 1. The Hall–Kier alpha value is -2.90. The van der Waals surface area contributed by atoms with Crippen LogP contribution in [0.1, 0.15) is 21.6 Å². The van der Waals surface area contributed by atoms with E-state index in [-0.39, 0.29) is 0 Å². The highest BCUT2D eigenvalue weighted by atomic mass is 19.4. The molecule has 2 aromatic heterocycles. The molecule has 0 bridgehead atoms. The standard InChI is InChI=1S/C16H13F3N4O/c1-9-14(10-5-3-4-6-13(10)23(9)2)22-15(24)11-7-20-21-8-12(11)16(17,18)19/h3-8H,1-2H3,(H,22,24). The summed E-state index contributed by atoms with van der Waals surface area (Å²) in [5.41, 5.74) is 0.398. The van der Waals surface area contributed by atoms with Crippen LogP contribution in [-0.2, 0) is 13.2 Å². The highest BCUT2D eigenvalue weighted by molar-refractivity contribution is 6.10. The average Bonchev–Trinajstić information content (AvgIpc) is 2.79. The Kier molecular flexibility index (Phi) is 3.75. The Bertz CT molecular complexity index is 931. The third-order valence-electron chi connectivity index (χ3n) is 3.92. The molecule has 2 heterocycles. The van der Waals surface area contributed by atoms with E-state index in [4.69, 9.17) is 0 Å². The number of aromatic nitrogens is 3. The number of nitrogens with zero attached hydrogens (tertiary/aromatic N) is 3. The number of nitrogens with one attached hydrogen (secondary N) is 1. The third-order valence-corrected chi connectivity index (χ3v) is 3.92. The van der Waals surface area contributed by atoms with E-state index in [1.165, 1.54) is 0 Å². The van der Waals surface area contributed by atoms with Gasteiger partial charge in [0.15, 0.2) is 0 Å². The fraction of sp³-hybridized carbons (Fsp3) is 0.188. The number of benzene rings is 1. The molecule has 0 aliphatic carbocycles. The van der Waals surface area contributed by atoms with Crippen molar-refractivity contribution in [3.63, 3.8) is 0 Å². The van der Waals surface area contributed by atoms with Crippen LogP contribution in [0.5, 0.6) is 0 Å². The summed E-state index contributed by atoms with van der Waals surface area (Å²) < 4.78 is 41.0. The molecule has 0 spiro atoms. The maximum atomic E-state index is 13.0. The van der Waals surface area contributed by atoms with Crippen molar-refractivity contribution in [2.24, 2.45) is 7.05 Å². The number of alkyl halides is 3. The van der Waals surface area contributed by atoms with Gasteiger partial charge in [0.1, 0.15) is 0 Å². The maximum Gasteiger partial charge on any atom is 0.418 e. The van der Waals surface area contributed by atoms with Gasteiger partial charge >= 0.3 is 6.18 Å². The highest BCUT2D eigenvalue weighted by Gasteiger charge is 2.36. The first-order valence-corrected chi connectivity index (χ1v) is 7.04. The van der Waals surface area contributed by atoms with Crippen molar-refractivity contribution in [3.8, 4) is 0 Å². The normalized spacial score (nSPS) is 11.7. The molecule has 3 rings (SSSR count). The number of carbonyl (C=O) groups excluding carboxylic acids is 1. The van der Waals surface area contributed by atoms with Crippen molar-refractivity contribution in [1.82, 2.24) is 14.8 Å². The van der Waals surface area contributed by atoms with Gasteiger partial charge in [0, 0.05) is 18.1 Å². The van der Waals surface area contributed by atoms with E-state index >= 15 is 0 Å². The lowest BCUT2D eigenvalue weighted by molar-refractivity contribution is -0.138. The monoisotopic (exact) mass is 334 g/mol. The molecule has 0 saturated heterocycles. The topological polar surface area (TPSA) is 59.8 Å². The van der Waals surface area contributed by atoms with Gasteiger partial charge in [0.25, 0.3) is 5.91 Å². The number of carbonyl (C=O) groups is 1. The summed E-state index contributed by atoms with van der Waals surface area (Å²) in [6.45, 7) is 1.78. The minimum absolute atomic E-state index is 0.475. The van der Waals surface area contributed by atoms with E-state index in [1.807, 2.05) is 23.7 Å². The molecule has 0 unspecified atom stereocenters. The van der Waals surface area contributed by atoms with Gasteiger partial charge in [0.2, 0.25) is 0 Å². The number of anilines is 1. The molecule has 0 atom stereocenters. The Morgan fingerprint density at radius 1 is 1.17 bits per heavy atom. The molecule has 0 fully saturated rings. The summed E-state index contributed by atoms with van der Waals surface area (Å²) in [5, 5.41) is 9.94. The van der Waals surface area contributed by atoms with E-state index in [0.29, 0.717) is 11.9 Å². The smallest absolute Gasteiger partial charge is 0.346 e. The lowest BCUT2D eigenvalue weighted by atomic mass is 10.1. The molecular weight excluding hydrogens is 321 g/mol. The summed E-state index contributed by atoms with van der Waals surface area (Å²) in [4.78, 5) is 12.4. The van der Waals surface area contributed by atoms with Crippen molar-refractivity contribution in [3.05, 3.63) is 53.5 Å². The van der Waals surface area contributed by atoms with E-state index < -0.39 is 23.2 Å². The number of aryl methyl sites for hydroxylation is 1. The molecule has 0 aliphatic rings. The molecule has 0 saturated carbocycles. The second kappa shape index (κ2) is 5.63. The van der Waals surface area contributed by atoms with Crippen LogP contribution in [0.4, 0.5) is 18.9 Å². The van der Waals surface area contributed by atoms with Crippen molar-refractivity contribution in [2.45, 2.75) is 13.1 Å². The molecule has 0 aliphatic heterocycles. The van der Waals surface area contributed by atoms with Gasteiger partial charge in [-0.15, -0.1) is 0 Å². The zero-order chi connectivity index (χ0) is 17.5. The largest absolute Gasteiger partial charge is 0.418 e. The molecule has 0 radical (unpaired) electrons. The van der Waals surface area contributed by atoms with Crippen LogP contribution in [0.15, 0.2) is 36.7 Å². The summed E-state index contributed by atoms with van der Waals surface area (Å²) in [6.07, 6.45) is -3.32. The van der Waals surface area contributed by atoms with Crippen molar-refractivity contribution >= 4 is 22.5 Å². The molecular formula is C16H13F3N4O. The van der Waals surface area contributed by atoms with Crippen LogP contribution in [0, 0.1) is 6.92 Å². The first kappa shape index (κ1) is 16.0. The molecule has 124 valence electrons. The summed E-state index contributed by atoms with van der Waals surface area (Å²) in [7, 11) is 1.82. The number of hydrogen-bond acceptors (Lipinski definition) is 3. The SMILES string of the molecule is Cc1c(NC(=O)c2cnncc2C(F)(F)F)c2ccccc2n1C. The minimum Gasteiger partial charge on any atom is -0.346 e. The molecule has 1 N–H and O–H groups in total. The minimum atomic E-state index is -4.68. The van der Waals surface area contributed by atoms with Gasteiger partial charge in [-0.2, -0.15) is 23.4 Å². The molecule has 8 heteroatoms. The summed E-state index contributed by atoms with van der Waals surface area (Å²) >= 11 is 0. The van der Waals surface area contributed by atoms with E-state index in [9.17, 15) is 18.0 Å². The number of fused-ring (bicyclic) bond motifs is 1. The molecule has 24 heavy (non-hydrogen) atoms. The van der Waals surface area contributed by atoms with Crippen molar-refractivity contribution < 1.29 is 18.0 Å². The van der Waals surface area contributed by atoms with Crippen molar-refractivity contribution in [2.75, 3.05) is 5.32 Å². The molecule has 1 amide bonds. The van der Waals surface area contributed by atoms with Gasteiger partial charge in [-0.1, -0.05) is 18.2 Å². The average molecular weight is 334 g/mol. The Balaban J connectivity index is 2.05. The van der Waals surface area contributed by atoms with E-state index in [0.717, 1.165) is 22.8 Å². The second-order valence-electron chi connectivity index (χ2n) is 5.30. The zero-order valence-corrected chi connectivity index (χ0v) is 12.8. The quantitative estimate of drug-likeness (QED) is 0.780. The fourth-order valence-electron chi connectivity index (χ4n) is 2.59. The Morgan fingerprint density at radius 3 is 2.54 bits per heavy atom. The highest BCUT2D eigenvalue weighted by Crippen LogP contribution is 2.33. The second-order valence-corrected chi connectivity index (χ2v) is 5.30. The molecule has 3 aromatic rings. The van der Waals surface area contributed by atoms with Gasteiger partial charge < -0.3 is 9.88 Å². The summed E-state index contributed by atoms with van der Waals surface area (Å²) in [6, 6.07) is 7.31. The first-order valence-electron chi connectivity index (χ1n) is 7.04. The number of amides is 1. The van der Waals surface area contributed by atoms with Crippen LogP contribution in [0.25, 0.3) is 10.9 Å². The van der Waals surface area contributed by atoms with Crippen LogP contribution in [0.2, 0.25) is 0 Å². The van der Waals surface area contributed by atoms with Crippen LogP contribution < -0.4 is 5.32 Å². The van der Waals surface area contributed by atoms with Crippen molar-refractivity contribution in [1.29, 1.82) is 0 Å². The predicted molar refractivity (Wildman–Crippen MR) is 82.6 cm³/mol. The number of halogens is 3. The Morgan fingerprint density at radius 2 is 1.83 bits per heavy atom. The van der Waals surface area contributed by atoms with Crippen LogP contribution >= 0.6 is 0 Å². The first-order chi connectivity index (χ1) is 11.3. The van der Waals surface area contributed by atoms with Crippen LogP contribution in [0.3, 0.4) is 0 Å². The van der Waals surface area contributed by atoms with Gasteiger partial charge in [-0.05, 0) is 13.0 Å². The lowest BCUT2D eigenvalue weighted by Crippen LogP contribution is -2.20. The molecule has 5 nitrogen and oxygen atoms in total. The lowest BCUT2D eigenvalue weighted by Gasteiger charge is -2.11. The Labute approximate surface area is 135 Å². The van der Waals surface area contributed by atoms with E-state index in [1.54, 1.807) is 19.1 Å². The number of rotatable bonds is 2. The van der Waals surface area contributed by atoms with Gasteiger partial charge in [0.05, 0.1) is 34.7 Å². The number of hydrogen-bond donors (Lipinski definition) is 1. The van der Waals surface area contributed by atoms with E-state index in [2.05, 4.69) is 15.5 Å².